The minimum atomic E-state index is 0.116. The van der Waals surface area contributed by atoms with Crippen LogP contribution in [0.1, 0.15) is 11.1 Å². The van der Waals surface area contributed by atoms with Crippen molar-refractivity contribution in [2.24, 2.45) is 0 Å². The molecule has 0 fully saturated rings. The van der Waals surface area contributed by atoms with E-state index in [9.17, 15) is 4.79 Å². The van der Waals surface area contributed by atoms with Crippen LogP contribution in [0.5, 0.6) is 0 Å². The maximum atomic E-state index is 12.6. The van der Waals surface area contributed by atoms with Crippen molar-refractivity contribution in [3.8, 4) is 0 Å². The van der Waals surface area contributed by atoms with Gasteiger partial charge in [0.1, 0.15) is 0 Å². The lowest BCUT2D eigenvalue weighted by molar-refractivity contribution is -0.119. The molecule has 0 aliphatic carbocycles. The van der Waals surface area contributed by atoms with Crippen LogP contribution in [0, 0.1) is 0 Å². The number of amides is 1. The highest BCUT2D eigenvalue weighted by Gasteiger charge is 2.24. The lowest BCUT2D eigenvalue weighted by atomic mass is 10.2. The molecule has 0 bridgehead atoms. The van der Waals surface area contributed by atoms with Gasteiger partial charge in [0, 0.05) is 28.8 Å². The number of likely N-dealkylation sites (N-methyl/N-ethyl adjacent to an activating group) is 1. The van der Waals surface area contributed by atoms with Crippen LogP contribution in [-0.2, 0) is 17.8 Å². The summed E-state index contributed by atoms with van der Waals surface area (Å²) in [7, 11) is 1.93. The van der Waals surface area contributed by atoms with E-state index in [2.05, 4.69) is 6.07 Å². The number of carbonyl (C=O) groups is 1. The molecule has 5 heteroatoms. The van der Waals surface area contributed by atoms with Crippen molar-refractivity contribution in [3.05, 3.63) is 63.6 Å². The number of hydrogen-bond donors (Lipinski definition) is 0. The molecule has 1 heterocycles. The van der Waals surface area contributed by atoms with Gasteiger partial charge >= 0.3 is 0 Å². The van der Waals surface area contributed by atoms with Crippen LogP contribution in [0.25, 0.3) is 0 Å². The average Bonchev–Trinajstić information content (AvgIpc) is 2.89. The Labute approximate surface area is 146 Å². The number of halogens is 2. The van der Waals surface area contributed by atoms with Crippen molar-refractivity contribution in [2.75, 3.05) is 25.0 Å². The monoisotopic (exact) mass is 348 g/mol. The Hall–Kier alpha value is -1.55. The molecule has 0 radical (unpaired) electrons. The van der Waals surface area contributed by atoms with Crippen molar-refractivity contribution >= 4 is 34.8 Å². The third-order valence-corrected chi connectivity index (χ3v) is 4.40. The van der Waals surface area contributed by atoms with Gasteiger partial charge in [-0.3, -0.25) is 9.69 Å². The summed E-state index contributed by atoms with van der Waals surface area (Å²) in [5, 5.41) is 1.22. The standard InChI is InChI=1S/C18H18Cl2N2O/c1-21(11-13-8-15(19)10-16(20)9-13)12-18(23)22-7-6-14-4-2-3-5-17(14)22/h2-5,8-10H,6-7,11-12H2,1H3. The molecule has 0 aromatic heterocycles. The van der Waals surface area contributed by atoms with E-state index < -0.39 is 0 Å². The summed E-state index contributed by atoms with van der Waals surface area (Å²) < 4.78 is 0. The zero-order valence-electron chi connectivity index (χ0n) is 12.9. The SMILES string of the molecule is CN(CC(=O)N1CCc2ccccc21)Cc1cc(Cl)cc(Cl)c1. The van der Waals surface area contributed by atoms with E-state index in [4.69, 9.17) is 23.2 Å². The van der Waals surface area contributed by atoms with Gasteiger partial charge in [-0.25, -0.2) is 0 Å². The third kappa shape index (κ3) is 3.86. The number of hydrogen-bond acceptors (Lipinski definition) is 2. The highest BCUT2D eigenvalue weighted by Crippen LogP contribution is 2.27. The summed E-state index contributed by atoms with van der Waals surface area (Å²) in [5.74, 6) is 0.116. The molecule has 1 aliphatic heterocycles. The van der Waals surface area contributed by atoms with Gasteiger partial charge < -0.3 is 4.90 Å². The van der Waals surface area contributed by atoms with Crippen molar-refractivity contribution in [1.29, 1.82) is 0 Å². The molecular weight excluding hydrogens is 331 g/mol. The normalized spacial score (nSPS) is 13.5. The van der Waals surface area contributed by atoms with E-state index in [0.29, 0.717) is 23.1 Å². The molecule has 3 nitrogen and oxygen atoms in total. The Balaban J connectivity index is 1.64. The lowest BCUT2D eigenvalue weighted by Crippen LogP contribution is -2.37. The molecule has 120 valence electrons. The van der Waals surface area contributed by atoms with Gasteiger partial charge in [0.05, 0.1) is 6.54 Å². The Morgan fingerprint density at radius 1 is 1.17 bits per heavy atom. The minimum Gasteiger partial charge on any atom is -0.311 e. The quantitative estimate of drug-likeness (QED) is 0.833. The van der Waals surface area contributed by atoms with Gasteiger partial charge in [-0.15, -0.1) is 0 Å². The highest BCUT2D eigenvalue weighted by atomic mass is 35.5. The van der Waals surface area contributed by atoms with Gasteiger partial charge in [0.15, 0.2) is 0 Å². The predicted octanol–water partition coefficient (Wildman–Crippen LogP) is 4.01. The first kappa shape index (κ1) is 16.3. The Bertz CT molecular complexity index is 712. The smallest absolute Gasteiger partial charge is 0.241 e. The summed E-state index contributed by atoms with van der Waals surface area (Å²) in [5.41, 5.74) is 3.28. The largest absolute Gasteiger partial charge is 0.311 e. The number of carbonyl (C=O) groups excluding carboxylic acids is 1. The fourth-order valence-corrected chi connectivity index (χ4v) is 3.55. The zero-order valence-corrected chi connectivity index (χ0v) is 14.4. The average molecular weight is 349 g/mol. The second-order valence-electron chi connectivity index (χ2n) is 5.87. The second kappa shape index (κ2) is 6.91. The lowest BCUT2D eigenvalue weighted by Gasteiger charge is -2.22. The highest BCUT2D eigenvalue weighted by molar-refractivity contribution is 6.34. The molecule has 0 saturated heterocycles. The molecule has 0 N–H and O–H groups in total. The van der Waals surface area contributed by atoms with Crippen molar-refractivity contribution in [3.63, 3.8) is 0 Å². The second-order valence-corrected chi connectivity index (χ2v) is 6.75. The number of para-hydroxylation sites is 1. The van der Waals surface area contributed by atoms with E-state index in [0.717, 1.165) is 24.2 Å². The number of benzene rings is 2. The molecule has 3 rings (SSSR count). The van der Waals surface area contributed by atoms with E-state index >= 15 is 0 Å². The molecule has 0 spiro atoms. The minimum absolute atomic E-state index is 0.116. The van der Waals surface area contributed by atoms with Crippen LogP contribution < -0.4 is 4.90 Å². The molecule has 1 aliphatic rings. The summed E-state index contributed by atoms with van der Waals surface area (Å²) >= 11 is 12.0. The number of fused-ring (bicyclic) bond motifs is 1. The Morgan fingerprint density at radius 2 is 1.87 bits per heavy atom. The van der Waals surface area contributed by atoms with Crippen LogP contribution >= 0.6 is 23.2 Å². The van der Waals surface area contributed by atoms with Crippen LogP contribution in [0.3, 0.4) is 0 Å². The molecule has 2 aromatic carbocycles. The Morgan fingerprint density at radius 3 is 2.61 bits per heavy atom. The van der Waals surface area contributed by atoms with Crippen LogP contribution in [0.15, 0.2) is 42.5 Å². The first-order valence-corrected chi connectivity index (χ1v) is 8.30. The van der Waals surface area contributed by atoms with Gasteiger partial charge in [-0.1, -0.05) is 41.4 Å². The topological polar surface area (TPSA) is 23.6 Å². The molecule has 2 aromatic rings. The van der Waals surface area contributed by atoms with Crippen LogP contribution in [-0.4, -0.2) is 30.9 Å². The van der Waals surface area contributed by atoms with E-state index in [1.54, 1.807) is 6.07 Å². The fraction of sp³-hybridized carbons (Fsp3) is 0.278. The third-order valence-electron chi connectivity index (χ3n) is 3.97. The summed E-state index contributed by atoms with van der Waals surface area (Å²) in [6.45, 7) is 1.75. The van der Waals surface area contributed by atoms with Crippen molar-refractivity contribution in [2.45, 2.75) is 13.0 Å². The molecular formula is C18H18Cl2N2O. The molecule has 0 atom stereocenters. The fourth-order valence-electron chi connectivity index (χ4n) is 2.98. The first-order chi connectivity index (χ1) is 11.0. The Kier molecular flexibility index (Phi) is 4.90. The van der Waals surface area contributed by atoms with Gasteiger partial charge in [-0.05, 0) is 48.9 Å². The van der Waals surface area contributed by atoms with Gasteiger partial charge in [-0.2, -0.15) is 0 Å². The molecule has 23 heavy (non-hydrogen) atoms. The summed E-state index contributed by atoms with van der Waals surface area (Å²) in [6, 6.07) is 13.5. The van der Waals surface area contributed by atoms with E-state index in [-0.39, 0.29) is 5.91 Å². The number of nitrogens with zero attached hydrogens (tertiary/aromatic N) is 2. The molecule has 1 amide bonds. The number of rotatable bonds is 4. The summed E-state index contributed by atoms with van der Waals surface area (Å²) in [6.07, 6.45) is 0.926. The predicted molar refractivity (Wildman–Crippen MR) is 95.3 cm³/mol. The molecule has 0 unspecified atom stereocenters. The maximum absolute atomic E-state index is 12.6. The first-order valence-electron chi connectivity index (χ1n) is 7.55. The summed E-state index contributed by atoms with van der Waals surface area (Å²) in [4.78, 5) is 16.4. The van der Waals surface area contributed by atoms with Crippen LogP contribution in [0.2, 0.25) is 10.0 Å². The van der Waals surface area contributed by atoms with Crippen molar-refractivity contribution < 1.29 is 4.79 Å². The maximum Gasteiger partial charge on any atom is 0.241 e. The molecule has 0 saturated carbocycles. The van der Waals surface area contributed by atoms with Crippen molar-refractivity contribution in [1.82, 2.24) is 4.90 Å². The van der Waals surface area contributed by atoms with Gasteiger partial charge in [0.25, 0.3) is 0 Å². The zero-order chi connectivity index (χ0) is 16.4. The van der Waals surface area contributed by atoms with Crippen LogP contribution in [0.4, 0.5) is 5.69 Å². The van der Waals surface area contributed by atoms with E-state index in [1.165, 1.54) is 5.56 Å². The van der Waals surface area contributed by atoms with E-state index in [1.807, 2.05) is 47.2 Å². The van der Waals surface area contributed by atoms with Gasteiger partial charge in [0.2, 0.25) is 5.91 Å². The number of anilines is 1.